The van der Waals surface area contributed by atoms with E-state index in [2.05, 4.69) is 15.3 Å². The Morgan fingerprint density at radius 3 is 2.75 bits per heavy atom. The Morgan fingerprint density at radius 1 is 1.31 bits per heavy atom. The summed E-state index contributed by atoms with van der Waals surface area (Å²) in [6.45, 7) is 0.638. The number of hydrogen-bond donors (Lipinski definition) is 1. The first kappa shape index (κ1) is 10.4. The van der Waals surface area contributed by atoms with Gasteiger partial charge in [-0.25, -0.2) is 9.97 Å². The predicted octanol–water partition coefficient (Wildman–Crippen LogP) is 0.787. The van der Waals surface area contributed by atoms with Crippen LogP contribution >= 0.6 is 0 Å². The largest absolute Gasteiger partial charge is 0.380 e. The lowest BCUT2D eigenvalue weighted by Gasteiger charge is -2.06. The fourth-order valence-electron chi connectivity index (χ4n) is 1.32. The summed E-state index contributed by atoms with van der Waals surface area (Å²) in [6, 6.07) is 3.29. The van der Waals surface area contributed by atoms with Gasteiger partial charge in [0, 0.05) is 43.8 Å². The number of anilines is 1. The maximum atomic E-state index is 11.2. The van der Waals surface area contributed by atoms with E-state index in [1.165, 1.54) is 17.0 Å². The van der Waals surface area contributed by atoms with Gasteiger partial charge in [0.15, 0.2) is 0 Å². The number of rotatable bonds is 3. The predicted molar refractivity (Wildman–Crippen MR) is 61.0 cm³/mol. The molecule has 1 N–H and O–H groups in total. The minimum atomic E-state index is -0.0198. The van der Waals surface area contributed by atoms with Crippen LogP contribution in [-0.2, 0) is 13.6 Å². The van der Waals surface area contributed by atoms with E-state index < -0.39 is 0 Å². The Labute approximate surface area is 92.8 Å². The van der Waals surface area contributed by atoms with Crippen LogP contribution in [0.15, 0.2) is 41.8 Å². The number of pyridine rings is 1. The Bertz CT molecular complexity index is 521. The fraction of sp³-hybridized carbons (Fsp3) is 0.182. The zero-order valence-corrected chi connectivity index (χ0v) is 8.92. The molecule has 5 heteroatoms. The molecule has 0 unspecified atom stereocenters. The molecule has 0 aromatic carbocycles. The molecule has 82 valence electrons. The van der Waals surface area contributed by atoms with Crippen molar-refractivity contribution in [3.63, 3.8) is 0 Å². The first-order chi connectivity index (χ1) is 7.75. The zero-order chi connectivity index (χ0) is 11.4. The van der Waals surface area contributed by atoms with Crippen molar-refractivity contribution in [2.24, 2.45) is 7.05 Å². The van der Waals surface area contributed by atoms with E-state index in [0.29, 0.717) is 6.54 Å². The van der Waals surface area contributed by atoms with Crippen molar-refractivity contribution in [2.45, 2.75) is 6.54 Å². The number of nitrogens with one attached hydrogen (secondary N) is 1. The minimum Gasteiger partial charge on any atom is -0.380 e. The molecule has 0 saturated carbocycles. The van der Waals surface area contributed by atoms with Gasteiger partial charge in [-0.15, -0.1) is 0 Å². The van der Waals surface area contributed by atoms with Crippen molar-refractivity contribution >= 4 is 5.69 Å². The maximum Gasteiger partial charge on any atom is 0.250 e. The van der Waals surface area contributed by atoms with Crippen LogP contribution in [0.5, 0.6) is 0 Å². The van der Waals surface area contributed by atoms with E-state index >= 15 is 0 Å². The third-order valence-electron chi connectivity index (χ3n) is 2.20. The number of aromatic nitrogens is 3. The van der Waals surface area contributed by atoms with Crippen LogP contribution in [0.25, 0.3) is 0 Å². The molecule has 0 aliphatic rings. The van der Waals surface area contributed by atoms with Gasteiger partial charge in [-0.05, 0) is 6.07 Å². The normalized spacial score (nSPS) is 10.1. The van der Waals surface area contributed by atoms with Crippen molar-refractivity contribution in [2.75, 3.05) is 5.32 Å². The van der Waals surface area contributed by atoms with Crippen LogP contribution in [0.4, 0.5) is 5.69 Å². The minimum absolute atomic E-state index is 0.0198. The SMILES string of the molecule is Cn1cc(NCc2cncnc2)ccc1=O. The third-order valence-corrected chi connectivity index (χ3v) is 2.20. The Balaban J connectivity index is 2.05. The smallest absolute Gasteiger partial charge is 0.250 e. The van der Waals surface area contributed by atoms with Crippen LogP contribution in [0.3, 0.4) is 0 Å². The molecule has 5 nitrogen and oxygen atoms in total. The van der Waals surface area contributed by atoms with Crippen molar-refractivity contribution in [1.82, 2.24) is 14.5 Å². The first-order valence-electron chi connectivity index (χ1n) is 4.90. The molecule has 16 heavy (non-hydrogen) atoms. The Hall–Kier alpha value is -2.17. The van der Waals surface area contributed by atoms with Crippen molar-refractivity contribution in [1.29, 1.82) is 0 Å². The first-order valence-corrected chi connectivity index (χ1v) is 4.90. The van der Waals surface area contributed by atoms with Gasteiger partial charge in [-0.3, -0.25) is 4.79 Å². The van der Waals surface area contributed by atoms with Gasteiger partial charge in [0.05, 0.1) is 5.69 Å². The van der Waals surface area contributed by atoms with E-state index in [-0.39, 0.29) is 5.56 Å². The molecule has 0 amide bonds. The summed E-state index contributed by atoms with van der Waals surface area (Å²) in [5.74, 6) is 0. The summed E-state index contributed by atoms with van der Waals surface area (Å²) >= 11 is 0. The molecule has 0 atom stereocenters. The van der Waals surface area contributed by atoms with E-state index in [1.807, 2.05) is 0 Å². The van der Waals surface area contributed by atoms with Gasteiger partial charge in [-0.2, -0.15) is 0 Å². The van der Waals surface area contributed by atoms with Gasteiger partial charge >= 0.3 is 0 Å². The highest BCUT2D eigenvalue weighted by Crippen LogP contribution is 2.04. The van der Waals surface area contributed by atoms with Crippen LogP contribution in [0, 0.1) is 0 Å². The van der Waals surface area contributed by atoms with Crippen LogP contribution < -0.4 is 10.9 Å². The molecular weight excluding hydrogens is 204 g/mol. The lowest BCUT2D eigenvalue weighted by atomic mass is 10.3. The van der Waals surface area contributed by atoms with Gasteiger partial charge in [0.25, 0.3) is 0 Å². The van der Waals surface area contributed by atoms with E-state index in [9.17, 15) is 4.79 Å². The quantitative estimate of drug-likeness (QED) is 0.824. The average Bonchev–Trinajstić information content (AvgIpc) is 2.32. The second kappa shape index (κ2) is 4.57. The van der Waals surface area contributed by atoms with Gasteiger partial charge in [0.1, 0.15) is 6.33 Å². The van der Waals surface area contributed by atoms with Crippen molar-refractivity contribution < 1.29 is 0 Å². The molecule has 2 heterocycles. The molecule has 2 rings (SSSR count). The highest BCUT2D eigenvalue weighted by atomic mass is 16.1. The van der Waals surface area contributed by atoms with Crippen molar-refractivity contribution in [3.05, 3.63) is 53.0 Å². The van der Waals surface area contributed by atoms with Crippen molar-refractivity contribution in [3.8, 4) is 0 Å². The number of hydrogen-bond acceptors (Lipinski definition) is 4. The van der Waals surface area contributed by atoms with Crippen LogP contribution in [0.2, 0.25) is 0 Å². The molecule has 0 saturated heterocycles. The molecule has 0 aliphatic heterocycles. The van der Waals surface area contributed by atoms with Gasteiger partial charge in [0.2, 0.25) is 5.56 Å². The Kier molecular flexibility index (Phi) is 2.95. The molecule has 0 radical (unpaired) electrons. The monoisotopic (exact) mass is 216 g/mol. The third kappa shape index (κ3) is 2.44. The molecule has 0 bridgehead atoms. The number of aryl methyl sites for hydroxylation is 1. The fourth-order valence-corrected chi connectivity index (χ4v) is 1.32. The highest BCUT2D eigenvalue weighted by molar-refractivity contribution is 5.40. The zero-order valence-electron chi connectivity index (χ0n) is 8.92. The molecule has 0 fully saturated rings. The average molecular weight is 216 g/mol. The summed E-state index contributed by atoms with van der Waals surface area (Å²) in [6.07, 6.45) is 6.76. The highest BCUT2D eigenvalue weighted by Gasteiger charge is 1.96. The number of nitrogens with zero attached hydrogens (tertiary/aromatic N) is 3. The van der Waals surface area contributed by atoms with E-state index in [1.54, 1.807) is 31.7 Å². The topological polar surface area (TPSA) is 59.8 Å². The van der Waals surface area contributed by atoms with Gasteiger partial charge < -0.3 is 9.88 Å². The summed E-state index contributed by atoms with van der Waals surface area (Å²) in [4.78, 5) is 19.0. The van der Waals surface area contributed by atoms with E-state index in [4.69, 9.17) is 0 Å². The molecular formula is C11H12N4O. The molecule has 2 aromatic rings. The maximum absolute atomic E-state index is 11.2. The van der Waals surface area contributed by atoms with Crippen LogP contribution in [0.1, 0.15) is 5.56 Å². The lowest BCUT2D eigenvalue weighted by Crippen LogP contribution is -2.15. The summed E-state index contributed by atoms with van der Waals surface area (Å²) in [5, 5.41) is 3.19. The van der Waals surface area contributed by atoms with E-state index in [0.717, 1.165) is 11.3 Å². The summed E-state index contributed by atoms with van der Waals surface area (Å²) < 4.78 is 1.53. The Morgan fingerprint density at radius 2 is 2.06 bits per heavy atom. The lowest BCUT2D eigenvalue weighted by molar-refractivity contribution is 0.859. The summed E-state index contributed by atoms with van der Waals surface area (Å²) in [7, 11) is 1.72. The molecule has 0 aliphatic carbocycles. The summed E-state index contributed by atoms with van der Waals surface area (Å²) in [5.41, 5.74) is 1.87. The molecule has 0 spiro atoms. The second-order valence-corrected chi connectivity index (χ2v) is 3.47. The van der Waals surface area contributed by atoms with Crippen LogP contribution in [-0.4, -0.2) is 14.5 Å². The molecule has 2 aromatic heterocycles. The standard InChI is InChI=1S/C11H12N4O/c1-15-7-10(2-3-11(15)16)14-6-9-4-12-8-13-5-9/h2-5,7-8,14H,6H2,1H3. The second-order valence-electron chi connectivity index (χ2n) is 3.47. The van der Waals surface area contributed by atoms with Gasteiger partial charge in [-0.1, -0.05) is 0 Å².